The van der Waals surface area contributed by atoms with Crippen molar-refractivity contribution in [2.45, 2.75) is 31.8 Å². The number of hydrogen-bond acceptors (Lipinski definition) is 9. The molecule has 2 aromatic heterocycles. The molecule has 176 valence electrons. The van der Waals surface area contributed by atoms with Crippen LogP contribution < -0.4 is 0 Å². The van der Waals surface area contributed by atoms with E-state index in [1.54, 1.807) is 22.5 Å². The van der Waals surface area contributed by atoms with E-state index in [0.717, 1.165) is 29.6 Å². The molecular weight excluding hydrogens is 466 g/mol. The molecule has 1 atom stereocenters. The molecule has 0 aliphatic carbocycles. The Kier molecular flexibility index (Phi) is 6.06. The van der Waals surface area contributed by atoms with Crippen LogP contribution in [0.5, 0.6) is 0 Å². The predicted molar refractivity (Wildman–Crippen MR) is 122 cm³/mol. The number of sulfone groups is 1. The van der Waals surface area contributed by atoms with Crippen LogP contribution in [-0.2, 0) is 26.0 Å². The number of aromatic nitrogens is 1. The van der Waals surface area contributed by atoms with Gasteiger partial charge < -0.3 is 9.32 Å². The number of amides is 2. The summed E-state index contributed by atoms with van der Waals surface area (Å²) >= 11 is 1.55. The second-order valence-electron chi connectivity index (χ2n) is 8.53. The summed E-state index contributed by atoms with van der Waals surface area (Å²) in [4.78, 5) is 34.0. The topological polar surface area (TPSA) is 116 Å². The van der Waals surface area contributed by atoms with Crippen LogP contribution in [0, 0.1) is 0 Å². The number of rotatable bonds is 5. The molecule has 10 nitrogen and oxygen atoms in total. The van der Waals surface area contributed by atoms with Gasteiger partial charge in [-0.1, -0.05) is 0 Å². The minimum Gasteiger partial charge on any atom is -0.462 e. The van der Waals surface area contributed by atoms with Crippen molar-refractivity contribution in [3.05, 3.63) is 29.5 Å². The molecule has 0 bridgehead atoms. The molecule has 2 aromatic rings. The number of furan rings is 1. The Balaban J connectivity index is 1.17. The first kappa shape index (κ1) is 22.2. The van der Waals surface area contributed by atoms with E-state index >= 15 is 0 Å². The van der Waals surface area contributed by atoms with Crippen molar-refractivity contribution in [3.8, 4) is 10.8 Å². The second-order valence-corrected chi connectivity index (χ2v) is 11.6. The third kappa shape index (κ3) is 4.87. The first-order valence-corrected chi connectivity index (χ1v) is 13.7. The maximum atomic E-state index is 13.0. The molecule has 3 aliphatic heterocycles. The highest BCUT2D eigenvalue weighted by molar-refractivity contribution is 7.91. The van der Waals surface area contributed by atoms with E-state index in [1.807, 2.05) is 17.5 Å². The monoisotopic (exact) mass is 491 g/mol. The van der Waals surface area contributed by atoms with E-state index < -0.39 is 15.9 Å². The molecule has 0 N–H and O–H groups in total. The maximum Gasteiger partial charge on any atom is 0.270 e. The number of hydrogen-bond donors (Lipinski definition) is 0. The van der Waals surface area contributed by atoms with E-state index in [2.05, 4.69) is 15.0 Å². The zero-order valence-electron chi connectivity index (χ0n) is 18.1. The van der Waals surface area contributed by atoms with Crippen LogP contribution in [-0.4, -0.2) is 89.5 Å². The molecule has 1 unspecified atom stereocenters. The van der Waals surface area contributed by atoms with Crippen LogP contribution in [0.3, 0.4) is 0 Å². The molecule has 12 heteroatoms. The van der Waals surface area contributed by atoms with Crippen LogP contribution in [0.15, 0.2) is 33.3 Å². The summed E-state index contributed by atoms with van der Waals surface area (Å²) in [6.07, 6.45) is 2.48. The third-order valence-corrected chi connectivity index (χ3v) is 8.85. The molecule has 2 saturated heterocycles. The molecule has 0 aromatic carbocycles. The lowest BCUT2D eigenvalue weighted by molar-refractivity contribution is -0.134. The average molecular weight is 492 g/mol. The van der Waals surface area contributed by atoms with Crippen molar-refractivity contribution in [3.63, 3.8) is 0 Å². The molecule has 2 amide bonds. The Morgan fingerprint density at radius 2 is 2.03 bits per heavy atom. The summed E-state index contributed by atoms with van der Waals surface area (Å²) in [5.41, 5.74) is 1.32. The van der Waals surface area contributed by atoms with E-state index in [1.165, 1.54) is 5.01 Å². The van der Waals surface area contributed by atoms with Gasteiger partial charge in [-0.15, -0.1) is 11.3 Å². The van der Waals surface area contributed by atoms with Gasteiger partial charge in [0, 0.05) is 50.9 Å². The first-order valence-electron chi connectivity index (χ1n) is 11.0. The number of carbonyl (C=O) groups is 2. The smallest absolute Gasteiger partial charge is 0.270 e. The summed E-state index contributed by atoms with van der Waals surface area (Å²) in [5, 5.41) is 8.44. The fourth-order valence-corrected chi connectivity index (χ4v) is 6.86. The lowest BCUT2D eigenvalue weighted by Crippen LogP contribution is -2.51. The minimum atomic E-state index is -3.14. The van der Waals surface area contributed by atoms with Crippen molar-refractivity contribution in [1.29, 1.82) is 0 Å². The number of thiazole rings is 1. The Morgan fingerprint density at radius 1 is 1.21 bits per heavy atom. The van der Waals surface area contributed by atoms with Gasteiger partial charge in [-0.25, -0.2) is 18.4 Å². The highest BCUT2D eigenvalue weighted by Gasteiger charge is 2.38. The zero-order chi connectivity index (χ0) is 23.0. The van der Waals surface area contributed by atoms with E-state index in [9.17, 15) is 18.0 Å². The molecule has 0 radical (unpaired) electrons. The number of nitrogens with zero attached hydrogens (tertiary/aromatic N) is 5. The highest BCUT2D eigenvalue weighted by Crippen LogP contribution is 2.25. The fraction of sp³-hybridized carbons (Fsp3) is 0.524. The van der Waals surface area contributed by atoms with Crippen molar-refractivity contribution < 1.29 is 22.4 Å². The first-order chi connectivity index (χ1) is 15.9. The van der Waals surface area contributed by atoms with Gasteiger partial charge in [-0.2, -0.15) is 5.10 Å². The van der Waals surface area contributed by atoms with Gasteiger partial charge in [0.25, 0.3) is 5.91 Å². The predicted octanol–water partition coefficient (Wildman–Crippen LogP) is 1.21. The van der Waals surface area contributed by atoms with Gasteiger partial charge in [0.15, 0.2) is 20.6 Å². The molecule has 2 fully saturated rings. The van der Waals surface area contributed by atoms with Gasteiger partial charge in [0.1, 0.15) is 5.71 Å². The van der Waals surface area contributed by atoms with Crippen LogP contribution in [0.1, 0.15) is 25.0 Å². The zero-order valence-corrected chi connectivity index (χ0v) is 19.7. The van der Waals surface area contributed by atoms with Crippen LogP contribution >= 0.6 is 11.3 Å². The number of piperazine rings is 1. The van der Waals surface area contributed by atoms with Crippen LogP contribution in [0.2, 0.25) is 0 Å². The van der Waals surface area contributed by atoms with Gasteiger partial charge >= 0.3 is 0 Å². The average Bonchev–Trinajstić information content (AvgIpc) is 3.55. The van der Waals surface area contributed by atoms with Crippen molar-refractivity contribution in [2.24, 2.45) is 5.10 Å². The molecule has 0 saturated carbocycles. The molecule has 3 aliphatic rings. The van der Waals surface area contributed by atoms with Crippen LogP contribution in [0.25, 0.3) is 10.8 Å². The molecule has 5 rings (SSSR count). The summed E-state index contributed by atoms with van der Waals surface area (Å²) in [6.45, 7) is 3.28. The molecule has 0 spiro atoms. The van der Waals surface area contributed by atoms with Gasteiger partial charge in [0.2, 0.25) is 5.91 Å². The molecular formula is C21H25N5O5S2. The Labute approximate surface area is 195 Å². The van der Waals surface area contributed by atoms with Crippen molar-refractivity contribution in [1.82, 2.24) is 19.8 Å². The Morgan fingerprint density at radius 3 is 2.73 bits per heavy atom. The van der Waals surface area contributed by atoms with E-state index in [0.29, 0.717) is 38.2 Å². The number of hydrazone groups is 1. The maximum absolute atomic E-state index is 13.0. The number of carbonyl (C=O) groups excluding carboxylic acids is 2. The normalized spacial score (nSPS) is 23.7. The third-order valence-electron chi connectivity index (χ3n) is 6.19. The van der Waals surface area contributed by atoms with Crippen molar-refractivity contribution in [2.75, 3.05) is 37.7 Å². The SMILES string of the molecule is O=C(C1=NN(C2CCS(=O)(=O)C2)C(=O)CC1)N1CCN(Cc2csc(-c3ccco3)n2)CC1. The summed E-state index contributed by atoms with van der Waals surface area (Å²) in [7, 11) is -3.14. The standard InChI is InChI=1S/C21H25N5O5S2/c27-19-4-3-17(23-26(19)16-5-11-33(29,30)14-16)21(28)25-8-6-24(7-9-25)12-15-13-32-20(22-15)18-2-1-10-31-18/h1-2,10,13,16H,3-9,11-12,14H2. The Bertz CT molecular complexity index is 1170. The molecule has 5 heterocycles. The van der Waals surface area contributed by atoms with E-state index in [-0.39, 0.29) is 29.7 Å². The lowest BCUT2D eigenvalue weighted by Gasteiger charge is -2.35. The van der Waals surface area contributed by atoms with Gasteiger partial charge in [-0.05, 0) is 18.6 Å². The minimum absolute atomic E-state index is 0.0597. The van der Waals surface area contributed by atoms with Gasteiger partial charge in [0.05, 0.1) is 29.5 Å². The summed E-state index contributed by atoms with van der Waals surface area (Å²) in [6, 6.07) is 3.27. The second kappa shape index (κ2) is 8.99. The highest BCUT2D eigenvalue weighted by atomic mass is 32.2. The van der Waals surface area contributed by atoms with Gasteiger partial charge in [-0.3, -0.25) is 14.5 Å². The molecule has 33 heavy (non-hydrogen) atoms. The summed E-state index contributed by atoms with van der Waals surface area (Å²) < 4.78 is 29.0. The fourth-order valence-electron chi connectivity index (χ4n) is 4.39. The lowest BCUT2D eigenvalue weighted by atomic mass is 10.1. The summed E-state index contributed by atoms with van der Waals surface area (Å²) in [5.74, 6) is 0.361. The van der Waals surface area contributed by atoms with E-state index in [4.69, 9.17) is 4.42 Å². The van der Waals surface area contributed by atoms with Crippen molar-refractivity contribution >= 4 is 38.7 Å². The quantitative estimate of drug-likeness (QED) is 0.617. The van der Waals surface area contributed by atoms with Crippen LogP contribution in [0.4, 0.5) is 0 Å². The Hall–Kier alpha value is -2.57. The largest absolute Gasteiger partial charge is 0.462 e.